The summed E-state index contributed by atoms with van der Waals surface area (Å²) in [5.41, 5.74) is 0. The maximum Gasteiger partial charge on any atom is 0.306 e. The van der Waals surface area contributed by atoms with E-state index < -0.39 is 43.4 Å². The fourth-order valence-corrected chi connectivity index (χ4v) is 5.08. The number of allylic oxidation sites excluding steroid dienone is 10. The zero-order valence-corrected chi connectivity index (χ0v) is 29.7. The van der Waals surface area contributed by atoms with Gasteiger partial charge in [0.25, 0.3) is 0 Å². The number of carbonyl (C=O) groups is 1. The summed E-state index contributed by atoms with van der Waals surface area (Å²) in [5.74, 6) is -0.374. The average Bonchev–Trinajstić information content (AvgIpc) is 3.08. The molecule has 0 bridgehead atoms. The highest BCUT2D eigenvalue weighted by atomic mass is 16.7. The van der Waals surface area contributed by atoms with Crippen molar-refractivity contribution in [2.24, 2.45) is 0 Å². The number of aliphatic hydroxyl groups excluding tert-OH is 4. The van der Waals surface area contributed by atoms with Crippen LogP contribution in [0.5, 0.6) is 0 Å². The number of carbonyl (C=O) groups excluding carboxylic acids is 1. The van der Waals surface area contributed by atoms with Gasteiger partial charge in [-0.25, -0.2) is 0 Å². The molecule has 0 aromatic rings. The lowest BCUT2D eigenvalue weighted by Gasteiger charge is -2.39. The normalized spacial score (nSPS) is 22.7. The Morgan fingerprint density at radius 2 is 1.23 bits per heavy atom. The molecular weight excluding hydrogens is 612 g/mol. The molecule has 0 aliphatic carbocycles. The highest BCUT2D eigenvalue weighted by Crippen LogP contribution is 2.22. The van der Waals surface area contributed by atoms with Gasteiger partial charge in [0.2, 0.25) is 0 Å². The van der Waals surface area contributed by atoms with Gasteiger partial charge in [-0.05, 0) is 57.8 Å². The Balaban J connectivity index is 2.07. The fourth-order valence-electron chi connectivity index (χ4n) is 5.08. The predicted octanol–water partition coefficient (Wildman–Crippen LogP) is 6.79. The Kier molecular flexibility index (Phi) is 28.3. The highest BCUT2D eigenvalue weighted by Gasteiger charge is 2.44. The number of aliphatic hydroxyl groups is 4. The van der Waals surface area contributed by atoms with Crippen LogP contribution in [0.2, 0.25) is 0 Å². The van der Waals surface area contributed by atoms with Gasteiger partial charge < -0.3 is 39.4 Å². The van der Waals surface area contributed by atoms with Crippen molar-refractivity contribution in [1.82, 2.24) is 0 Å². The number of rotatable bonds is 29. The SMILES string of the molecule is CC/C=C\C/C=C\C/C=C\C/C=C\C/C=C\CCCCCCCCCCOCC(COC1OC(CO)C(O)C(O)C1O)OC(=O)CCC. The lowest BCUT2D eigenvalue weighted by molar-refractivity contribution is -0.305. The molecule has 0 spiro atoms. The van der Waals surface area contributed by atoms with Gasteiger partial charge in [0.05, 0.1) is 19.8 Å². The second kappa shape index (κ2) is 30.9. The lowest BCUT2D eigenvalue weighted by Crippen LogP contribution is -2.59. The Labute approximate surface area is 290 Å². The molecule has 1 aliphatic heterocycles. The Morgan fingerprint density at radius 1 is 0.688 bits per heavy atom. The van der Waals surface area contributed by atoms with Crippen LogP contribution in [0.3, 0.4) is 0 Å². The van der Waals surface area contributed by atoms with Crippen molar-refractivity contribution in [3.05, 3.63) is 60.8 Å². The molecule has 1 saturated heterocycles. The predicted molar refractivity (Wildman–Crippen MR) is 191 cm³/mol. The Morgan fingerprint density at radius 3 is 1.79 bits per heavy atom. The first-order valence-corrected chi connectivity index (χ1v) is 18.4. The molecule has 1 heterocycles. The monoisotopic (exact) mass is 678 g/mol. The van der Waals surface area contributed by atoms with Gasteiger partial charge in [-0.15, -0.1) is 0 Å². The Bertz CT molecular complexity index is 911. The minimum atomic E-state index is -1.53. The van der Waals surface area contributed by atoms with E-state index in [2.05, 4.69) is 67.7 Å². The molecule has 276 valence electrons. The molecule has 1 fully saturated rings. The van der Waals surface area contributed by atoms with Crippen LogP contribution in [0.1, 0.15) is 117 Å². The van der Waals surface area contributed by atoms with Crippen LogP contribution in [-0.2, 0) is 23.7 Å². The first kappa shape index (κ1) is 43.9. The first-order valence-electron chi connectivity index (χ1n) is 18.4. The topological polar surface area (TPSA) is 135 Å². The van der Waals surface area contributed by atoms with Crippen molar-refractivity contribution in [2.75, 3.05) is 26.4 Å². The Hall–Kier alpha value is -2.11. The zero-order chi connectivity index (χ0) is 35.1. The number of hydrogen-bond donors (Lipinski definition) is 4. The number of hydrogen-bond acceptors (Lipinski definition) is 9. The molecule has 1 aliphatic rings. The highest BCUT2D eigenvalue weighted by molar-refractivity contribution is 5.69. The summed E-state index contributed by atoms with van der Waals surface area (Å²) < 4.78 is 22.2. The van der Waals surface area contributed by atoms with E-state index in [1.54, 1.807) is 0 Å². The summed E-state index contributed by atoms with van der Waals surface area (Å²) in [7, 11) is 0. The van der Waals surface area contributed by atoms with Crippen LogP contribution in [0.15, 0.2) is 60.8 Å². The van der Waals surface area contributed by atoms with E-state index in [1.807, 2.05) is 6.92 Å². The van der Waals surface area contributed by atoms with Gasteiger partial charge in [0.15, 0.2) is 6.29 Å². The minimum Gasteiger partial charge on any atom is -0.457 e. The maximum atomic E-state index is 12.1. The second-order valence-electron chi connectivity index (χ2n) is 12.3. The standard InChI is InChI=1S/C39H66O9/c1-3-5-6-7-8-9-10-11-12-13-14-15-16-17-18-19-20-21-22-23-24-25-26-27-29-45-31-33(47-35(41)28-4-2)32-46-39-38(44)37(43)36(42)34(30-40)48-39/h5-6,8-9,11-12,14-15,17-18,33-34,36-40,42-44H,3-4,7,10,13,16,19-32H2,1-2H3/b6-5-,9-8-,12-11-,15-14-,18-17-. The van der Waals surface area contributed by atoms with E-state index in [0.29, 0.717) is 13.0 Å². The van der Waals surface area contributed by atoms with E-state index in [9.17, 15) is 25.2 Å². The summed E-state index contributed by atoms with van der Waals surface area (Å²) in [6.45, 7) is 4.03. The summed E-state index contributed by atoms with van der Waals surface area (Å²) >= 11 is 0. The van der Waals surface area contributed by atoms with Crippen molar-refractivity contribution < 1.29 is 44.2 Å². The zero-order valence-electron chi connectivity index (χ0n) is 29.7. The third-order valence-corrected chi connectivity index (χ3v) is 7.92. The molecule has 9 nitrogen and oxygen atoms in total. The molecule has 0 saturated carbocycles. The third kappa shape index (κ3) is 22.5. The number of ether oxygens (including phenoxy) is 4. The van der Waals surface area contributed by atoms with E-state index >= 15 is 0 Å². The molecule has 1 rings (SSSR count). The molecule has 0 amide bonds. The van der Waals surface area contributed by atoms with Crippen LogP contribution in [0.25, 0.3) is 0 Å². The maximum absolute atomic E-state index is 12.1. The fraction of sp³-hybridized carbons (Fsp3) is 0.718. The summed E-state index contributed by atoms with van der Waals surface area (Å²) in [4.78, 5) is 12.1. The van der Waals surface area contributed by atoms with Crippen LogP contribution in [0, 0.1) is 0 Å². The third-order valence-electron chi connectivity index (χ3n) is 7.92. The van der Waals surface area contributed by atoms with Gasteiger partial charge in [0.1, 0.15) is 30.5 Å². The quantitative estimate of drug-likeness (QED) is 0.0383. The molecule has 6 atom stereocenters. The van der Waals surface area contributed by atoms with Gasteiger partial charge in [-0.2, -0.15) is 0 Å². The molecule has 9 heteroatoms. The van der Waals surface area contributed by atoms with E-state index in [1.165, 1.54) is 32.1 Å². The van der Waals surface area contributed by atoms with Crippen molar-refractivity contribution in [1.29, 1.82) is 0 Å². The number of unbranched alkanes of at least 4 members (excludes halogenated alkanes) is 8. The smallest absolute Gasteiger partial charge is 0.306 e. The molecular formula is C39H66O9. The van der Waals surface area contributed by atoms with Crippen LogP contribution in [-0.4, -0.2) is 89.6 Å². The molecule has 0 aromatic heterocycles. The van der Waals surface area contributed by atoms with Crippen LogP contribution in [0.4, 0.5) is 0 Å². The van der Waals surface area contributed by atoms with Crippen LogP contribution < -0.4 is 0 Å². The van der Waals surface area contributed by atoms with Crippen molar-refractivity contribution >= 4 is 5.97 Å². The second-order valence-corrected chi connectivity index (χ2v) is 12.3. The van der Waals surface area contributed by atoms with Crippen molar-refractivity contribution in [3.63, 3.8) is 0 Å². The largest absolute Gasteiger partial charge is 0.457 e. The van der Waals surface area contributed by atoms with Gasteiger partial charge >= 0.3 is 5.97 Å². The lowest BCUT2D eigenvalue weighted by atomic mass is 9.99. The minimum absolute atomic E-state index is 0.126. The van der Waals surface area contributed by atoms with Crippen molar-refractivity contribution in [3.8, 4) is 0 Å². The van der Waals surface area contributed by atoms with Crippen molar-refractivity contribution in [2.45, 2.75) is 153 Å². The van der Waals surface area contributed by atoms with Crippen LogP contribution >= 0.6 is 0 Å². The molecule has 48 heavy (non-hydrogen) atoms. The molecule has 0 radical (unpaired) electrons. The summed E-state index contributed by atoms with van der Waals surface area (Å²) in [6, 6.07) is 0. The van der Waals surface area contributed by atoms with E-state index in [4.69, 9.17) is 18.9 Å². The molecule has 4 N–H and O–H groups in total. The number of esters is 1. The molecule has 0 aromatic carbocycles. The summed E-state index contributed by atoms with van der Waals surface area (Å²) in [6.07, 6.45) is 31.3. The first-order chi connectivity index (χ1) is 23.4. The summed E-state index contributed by atoms with van der Waals surface area (Å²) in [5, 5.41) is 39.5. The average molecular weight is 679 g/mol. The van der Waals surface area contributed by atoms with Gasteiger partial charge in [0, 0.05) is 13.0 Å². The molecule has 6 unspecified atom stereocenters. The van der Waals surface area contributed by atoms with E-state index in [-0.39, 0.29) is 25.6 Å². The van der Waals surface area contributed by atoms with Gasteiger partial charge in [-0.1, -0.05) is 113 Å². The van der Waals surface area contributed by atoms with E-state index in [0.717, 1.165) is 57.8 Å². The van der Waals surface area contributed by atoms with Gasteiger partial charge in [-0.3, -0.25) is 4.79 Å².